The van der Waals surface area contributed by atoms with E-state index < -0.39 is 10.0 Å². The predicted molar refractivity (Wildman–Crippen MR) is 72.2 cm³/mol. The van der Waals surface area contributed by atoms with Gasteiger partial charge in [-0.25, -0.2) is 8.42 Å². The third-order valence-corrected chi connectivity index (χ3v) is 2.67. The third-order valence-electron chi connectivity index (χ3n) is 2.08. The molecule has 0 saturated carbocycles. The molecule has 1 aromatic carbocycles. The molecule has 7 heteroatoms. The molecule has 0 spiro atoms. The minimum Gasteiger partial charge on any atom is -0.323 e. The number of nitrogens with one attached hydrogen (secondary N) is 3. The molecule has 0 aliphatic heterocycles. The highest BCUT2D eigenvalue weighted by Gasteiger charge is 2.10. The minimum absolute atomic E-state index is 0.159. The smallest absolute Gasteiger partial charge is 0.238 e. The minimum atomic E-state index is -3.38. The maximum Gasteiger partial charge on any atom is 0.238 e. The molecule has 0 radical (unpaired) electrons. The molecule has 0 unspecified atom stereocenters. The lowest BCUT2D eigenvalue weighted by Crippen LogP contribution is -2.25. The van der Waals surface area contributed by atoms with Gasteiger partial charge in [0.15, 0.2) is 0 Å². The molecule has 0 aliphatic carbocycles. The van der Waals surface area contributed by atoms with Crippen LogP contribution >= 0.6 is 0 Å². The molecule has 1 aromatic rings. The Labute approximate surface area is 107 Å². The number of likely N-dealkylation sites (N-methyl/N-ethyl adjacent to an activating group) is 1. The molecule has 0 atom stereocenters. The second kappa shape index (κ2) is 5.83. The zero-order chi connectivity index (χ0) is 13.8. The average molecular weight is 271 g/mol. The van der Waals surface area contributed by atoms with Crippen molar-refractivity contribution in [2.75, 3.05) is 29.9 Å². The van der Waals surface area contributed by atoms with Crippen LogP contribution in [0.4, 0.5) is 11.4 Å². The van der Waals surface area contributed by atoms with E-state index in [1.54, 1.807) is 25.2 Å². The fourth-order valence-corrected chi connectivity index (χ4v) is 1.98. The van der Waals surface area contributed by atoms with Crippen LogP contribution in [-0.2, 0) is 14.8 Å². The van der Waals surface area contributed by atoms with Crippen molar-refractivity contribution in [1.82, 2.24) is 5.32 Å². The third kappa shape index (κ3) is 4.72. The molecule has 1 rings (SSSR count). The van der Waals surface area contributed by atoms with Gasteiger partial charge in [-0.05, 0) is 31.7 Å². The average Bonchev–Trinajstić information content (AvgIpc) is 2.20. The molecule has 1 amide bonds. The summed E-state index contributed by atoms with van der Waals surface area (Å²) in [6, 6.07) is 5.09. The van der Waals surface area contributed by atoms with Gasteiger partial charge in [0.05, 0.1) is 24.2 Å². The van der Waals surface area contributed by atoms with Gasteiger partial charge in [0.25, 0.3) is 0 Å². The molecule has 3 N–H and O–H groups in total. The number of aryl methyl sites for hydroxylation is 1. The first kappa shape index (κ1) is 14.5. The Morgan fingerprint density at radius 3 is 2.50 bits per heavy atom. The fourth-order valence-electron chi connectivity index (χ4n) is 1.41. The van der Waals surface area contributed by atoms with Crippen LogP contribution < -0.4 is 15.4 Å². The Morgan fingerprint density at radius 2 is 1.94 bits per heavy atom. The quantitative estimate of drug-likeness (QED) is 0.729. The summed E-state index contributed by atoms with van der Waals surface area (Å²) in [4.78, 5) is 11.5. The van der Waals surface area contributed by atoms with Crippen molar-refractivity contribution in [3.05, 3.63) is 23.8 Å². The van der Waals surface area contributed by atoms with Crippen molar-refractivity contribution >= 4 is 27.3 Å². The van der Waals surface area contributed by atoms with Crippen molar-refractivity contribution in [3.8, 4) is 0 Å². The van der Waals surface area contributed by atoms with Gasteiger partial charge in [0.2, 0.25) is 15.9 Å². The van der Waals surface area contributed by atoms with Crippen molar-refractivity contribution in [1.29, 1.82) is 0 Å². The SMILES string of the molecule is CNCC(=O)Nc1cc(C)ccc1NS(C)(=O)=O. The molecule has 6 nitrogen and oxygen atoms in total. The largest absolute Gasteiger partial charge is 0.323 e. The standard InChI is InChI=1S/C11H17N3O3S/c1-8-4-5-9(14-18(3,16)17)10(6-8)13-11(15)7-12-2/h4-6,12,14H,7H2,1-3H3,(H,13,15). The van der Waals surface area contributed by atoms with E-state index in [9.17, 15) is 13.2 Å². The summed E-state index contributed by atoms with van der Waals surface area (Å²) < 4.78 is 24.8. The molecule has 0 saturated heterocycles. The number of rotatable bonds is 5. The molecule has 0 aliphatic rings. The van der Waals surface area contributed by atoms with Crippen LogP contribution in [0.25, 0.3) is 0 Å². The summed E-state index contributed by atoms with van der Waals surface area (Å²) >= 11 is 0. The summed E-state index contributed by atoms with van der Waals surface area (Å²) in [5, 5.41) is 5.37. The van der Waals surface area contributed by atoms with Gasteiger partial charge in [0.1, 0.15) is 0 Å². The lowest BCUT2D eigenvalue weighted by Gasteiger charge is -2.12. The van der Waals surface area contributed by atoms with Crippen molar-refractivity contribution in [2.45, 2.75) is 6.92 Å². The first-order valence-corrected chi connectivity index (χ1v) is 7.24. The summed E-state index contributed by atoms with van der Waals surface area (Å²) in [6.45, 7) is 2.02. The highest BCUT2D eigenvalue weighted by molar-refractivity contribution is 7.92. The highest BCUT2D eigenvalue weighted by atomic mass is 32.2. The number of anilines is 2. The fraction of sp³-hybridized carbons (Fsp3) is 0.364. The van der Waals surface area contributed by atoms with Gasteiger partial charge in [-0.1, -0.05) is 6.07 Å². The Morgan fingerprint density at radius 1 is 1.28 bits per heavy atom. The Bertz CT molecular complexity index is 540. The molecule has 0 heterocycles. The van der Waals surface area contributed by atoms with Gasteiger partial charge in [-0.3, -0.25) is 9.52 Å². The molecule has 0 aromatic heterocycles. The summed E-state index contributed by atoms with van der Waals surface area (Å²) in [6.07, 6.45) is 1.06. The van der Waals surface area contributed by atoms with E-state index in [1.807, 2.05) is 6.92 Å². The van der Waals surface area contributed by atoms with Gasteiger partial charge in [0, 0.05) is 0 Å². The van der Waals surface area contributed by atoms with Gasteiger partial charge < -0.3 is 10.6 Å². The van der Waals surface area contributed by atoms with Crippen LogP contribution in [0.1, 0.15) is 5.56 Å². The van der Waals surface area contributed by atoms with E-state index in [0.29, 0.717) is 11.4 Å². The van der Waals surface area contributed by atoms with Crippen molar-refractivity contribution in [3.63, 3.8) is 0 Å². The molecular weight excluding hydrogens is 254 g/mol. The van der Waals surface area contributed by atoms with Crippen LogP contribution in [0.2, 0.25) is 0 Å². The molecule has 18 heavy (non-hydrogen) atoms. The Kier molecular flexibility index (Phi) is 4.69. The lowest BCUT2D eigenvalue weighted by molar-refractivity contribution is -0.115. The normalized spacial score (nSPS) is 11.1. The topological polar surface area (TPSA) is 87.3 Å². The van der Waals surface area contributed by atoms with Crippen LogP contribution in [0.5, 0.6) is 0 Å². The first-order valence-electron chi connectivity index (χ1n) is 5.34. The van der Waals surface area contributed by atoms with E-state index in [-0.39, 0.29) is 12.5 Å². The predicted octanol–water partition coefficient (Wildman–Crippen LogP) is 0.524. The maximum absolute atomic E-state index is 11.5. The summed E-state index contributed by atoms with van der Waals surface area (Å²) in [5.41, 5.74) is 1.72. The number of amides is 1. The van der Waals surface area contributed by atoms with E-state index in [1.165, 1.54) is 0 Å². The van der Waals surface area contributed by atoms with E-state index in [2.05, 4.69) is 15.4 Å². The zero-order valence-corrected chi connectivity index (χ0v) is 11.4. The number of benzene rings is 1. The van der Waals surface area contributed by atoms with E-state index >= 15 is 0 Å². The summed E-state index contributed by atoms with van der Waals surface area (Å²) in [7, 11) is -1.72. The van der Waals surface area contributed by atoms with Crippen molar-refractivity contribution in [2.24, 2.45) is 0 Å². The van der Waals surface area contributed by atoms with E-state index in [4.69, 9.17) is 0 Å². The molecule has 0 fully saturated rings. The van der Waals surface area contributed by atoms with Gasteiger partial charge in [-0.2, -0.15) is 0 Å². The number of carbonyl (C=O) groups is 1. The van der Waals surface area contributed by atoms with E-state index in [0.717, 1.165) is 11.8 Å². The highest BCUT2D eigenvalue weighted by Crippen LogP contribution is 2.23. The van der Waals surface area contributed by atoms with Crippen molar-refractivity contribution < 1.29 is 13.2 Å². The molecular formula is C11H17N3O3S. The first-order chi connectivity index (χ1) is 8.31. The van der Waals surface area contributed by atoms with Crippen LogP contribution in [0.15, 0.2) is 18.2 Å². The number of hydrogen-bond acceptors (Lipinski definition) is 4. The number of sulfonamides is 1. The molecule has 100 valence electrons. The second-order valence-electron chi connectivity index (χ2n) is 4.00. The number of hydrogen-bond donors (Lipinski definition) is 3. The monoisotopic (exact) mass is 271 g/mol. The number of carbonyl (C=O) groups excluding carboxylic acids is 1. The van der Waals surface area contributed by atoms with Crippen LogP contribution in [-0.4, -0.2) is 34.2 Å². The Hall–Kier alpha value is -1.60. The van der Waals surface area contributed by atoms with Crippen LogP contribution in [0.3, 0.4) is 0 Å². The summed E-state index contributed by atoms with van der Waals surface area (Å²) in [5.74, 6) is -0.236. The lowest BCUT2D eigenvalue weighted by atomic mass is 10.2. The second-order valence-corrected chi connectivity index (χ2v) is 5.75. The van der Waals surface area contributed by atoms with Crippen LogP contribution in [0, 0.1) is 6.92 Å². The Balaban J connectivity index is 3.00. The molecule has 0 bridgehead atoms. The van der Waals surface area contributed by atoms with Gasteiger partial charge in [-0.15, -0.1) is 0 Å². The maximum atomic E-state index is 11.5. The van der Waals surface area contributed by atoms with Gasteiger partial charge >= 0.3 is 0 Å². The zero-order valence-electron chi connectivity index (χ0n) is 10.6.